The lowest BCUT2D eigenvalue weighted by molar-refractivity contribution is 0.154. The standard InChI is InChI=1S/C20H27N5O2S/c1-13(2)21-20(28-6)19-23-22-18-14(3)24(9-10-25(18)19)12-15-7-8-16(26-4)11-17(15)27-5/h7-8,11,14H,1,9-10,12H2,2-6H3/b21-20-/t14-/m0/s1. The first-order valence-electron chi connectivity index (χ1n) is 9.15. The molecule has 2 aromatic rings. The summed E-state index contributed by atoms with van der Waals surface area (Å²) in [6.45, 7) is 10.4. The number of hydrogen-bond donors (Lipinski definition) is 0. The van der Waals surface area contributed by atoms with Crippen molar-refractivity contribution in [1.29, 1.82) is 0 Å². The number of nitrogens with zero attached hydrogens (tertiary/aromatic N) is 5. The summed E-state index contributed by atoms with van der Waals surface area (Å²) in [6, 6.07) is 6.07. The van der Waals surface area contributed by atoms with Gasteiger partial charge in [-0.3, -0.25) is 4.90 Å². The largest absolute Gasteiger partial charge is 0.497 e. The van der Waals surface area contributed by atoms with E-state index in [2.05, 4.69) is 44.2 Å². The van der Waals surface area contributed by atoms with E-state index in [-0.39, 0.29) is 6.04 Å². The van der Waals surface area contributed by atoms with Crippen molar-refractivity contribution in [1.82, 2.24) is 19.7 Å². The van der Waals surface area contributed by atoms with E-state index in [4.69, 9.17) is 9.47 Å². The van der Waals surface area contributed by atoms with E-state index in [0.717, 1.165) is 59.1 Å². The Kier molecular flexibility index (Phi) is 6.41. The molecule has 7 nitrogen and oxygen atoms in total. The minimum absolute atomic E-state index is 0.134. The number of thioether (sulfide) groups is 1. The van der Waals surface area contributed by atoms with E-state index in [1.165, 1.54) is 0 Å². The van der Waals surface area contributed by atoms with E-state index >= 15 is 0 Å². The molecule has 150 valence electrons. The zero-order chi connectivity index (χ0) is 20.3. The Bertz CT molecular complexity index is 893. The quantitative estimate of drug-likeness (QED) is 0.545. The van der Waals surface area contributed by atoms with E-state index in [1.54, 1.807) is 26.0 Å². The first-order chi connectivity index (χ1) is 13.5. The van der Waals surface area contributed by atoms with Gasteiger partial charge in [-0.15, -0.1) is 22.0 Å². The molecular weight excluding hydrogens is 374 g/mol. The summed E-state index contributed by atoms with van der Waals surface area (Å²) in [5.41, 5.74) is 1.88. The molecule has 0 N–H and O–H groups in total. The third-order valence-electron chi connectivity index (χ3n) is 4.86. The zero-order valence-corrected chi connectivity index (χ0v) is 17.9. The maximum absolute atomic E-state index is 5.55. The number of hydrogen-bond acceptors (Lipinski definition) is 7. The number of rotatable bonds is 6. The normalized spacial score (nSPS) is 17.3. The minimum Gasteiger partial charge on any atom is -0.497 e. The highest BCUT2D eigenvalue weighted by atomic mass is 32.2. The number of allylic oxidation sites excluding steroid dienone is 1. The number of methoxy groups -OCH3 is 2. The number of fused-ring (bicyclic) bond motifs is 1. The molecule has 0 bridgehead atoms. The maximum atomic E-state index is 5.55. The Morgan fingerprint density at radius 2 is 2.07 bits per heavy atom. The van der Waals surface area contributed by atoms with Crippen molar-refractivity contribution in [2.45, 2.75) is 33.0 Å². The van der Waals surface area contributed by atoms with Gasteiger partial charge in [-0.05, 0) is 26.2 Å². The highest BCUT2D eigenvalue weighted by Crippen LogP contribution is 2.31. The van der Waals surface area contributed by atoms with Crippen LogP contribution in [0.15, 0.2) is 35.5 Å². The predicted octanol–water partition coefficient (Wildman–Crippen LogP) is 3.52. The summed E-state index contributed by atoms with van der Waals surface area (Å²) in [5, 5.41) is 9.75. The fraction of sp³-hybridized carbons (Fsp3) is 0.450. The molecule has 0 fully saturated rings. The summed E-state index contributed by atoms with van der Waals surface area (Å²) < 4.78 is 13.0. The first-order valence-corrected chi connectivity index (χ1v) is 10.4. The van der Waals surface area contributed by atoms with Crippen LogP contribution < -0.4 is 9.47 Å². The van der Waals surface area contributed by atoms with Crippen LogP contribution in [0, 0.1) is 0 Å². The van der Waals surface area contributed by atoms with E-state index in [0.29, 0.717) is 0 Å². The molecule has 0 spiro atoms. The van der Waals surface area contributed by atoms with Crippen LogP contribution in [0.1, 0.15) is 37.1 Å². The van der Waals surface area contributed by atoms with Gasteiger partial charge in [0.25, 0.3) is 0 Å². The Morgan fingerprint density at radius 3 is 2.71 bits per heavy atom. The number of aromatic nitrogens is 3. The van der Waals surface area contributed by atoms with Gasteiger partial charge in [0.05, 0.1) is 20.3 Å². The molecule has 1 atom stereocenters. The van der Waals surface area contributed by atoms with Crippen molar-refractivity contribution >= 4 is 16.8 Å². The van der Waals surface area contributed by atoms with Crippen LogP contribution in [0.5, 0.6) is 11.5 Å². The van der Waals surface area contributed by atoms with Crippen molar-refractivity contribution in [2.75, 3.05) is 27.0 Å². The van der Waals surface area contributed by atoms with Crippen molar-refractivity contribution in [3.63, 3.8) is 0 Å². The van der Waals surface area contributed by atoms with Gasteiger partial charge >= 0.3 is 0 Å². The molecule has 1 aromatic carbocycles. The van der Waals surface area contributed by atoms with Gasteiger partial charge in [-0.2, -0.15) is 0 Å². The summed E-state index contributed by atoms with van der Waals surface area (Å²) in [6.07, 6.45) is 2.00. The molecule has 1 aliphatic rings. The van der Waals surface area contributed by atoms with Crippen LogP contribution in [-0.2, 0) is 13.1 Å². The van der Waals surface area contributed by atoms with E-state index in [1.807, 2.05) is 25.3 Å². The second kappa shape index (κ2) is 8.79. The molecule has 8 heteroatoms. The zero-order valence-electron chi connectivity index (χ0n) is 17.1. The highest BCUT2D eigenvalue weighted by molar-refractivity contribution is 8.13. The van der Waals surface area contributed by atoms with Crippen LogP contribution in [0.25, 0.3) is 0 Å². The lowest BCUT2D eigenvalue weighted by atomic mass is 10.1. The molecule has 0 unspecified atom stereocenters. The number of ether oxygens (including phenoxy) is 2. The molecule has 2 heterocycles. The van der Waals surface area contributed by atoms with Gasteiger partial charge in [-0.25, -0.2) is 4.99 Å². The number of benzene rings is 1. The van der Waals surface area contributed by atoms with Crippen molar-refractivity contribution in [2.24, 2.45) is 4.99 Å². The van der Waals surface area contributed by atoms with E-state index in [9.17, 15) is 0 Å². The maximum Gasteiger partial charge on any atom is 0.189 e. The molecule has 1 aliphatic heterocycles. The van der Waals surface area contributed by atoms with Crippen molar-refractivity contribution in [3.05, 3.63) is 47.7 Å². The SMILES string of the molecule is C=C(C)/N=C(\SC)c1nnc2n1CCN(Cc1ccc(OC)cc1OC)[C@H]2C. The molecule has 1 aromatic heterocycles. The lowest BCUT2D eigenvalue weighted by Crippen LogP contribution is -2.37. The second-order valence-electron chi connectivity index (χ2n) is 6.71. The van der Waals surface area contributed by atoms with Crippen LogP contribution in [0.4, 0.5) is 0 Å². The molecule has 0 saturated carbocycles. The van der Waals surface area contributed by atoms with Crippen LogP contribution in [0.3, 0.4) is 0 Å². The molecule has 0 amide bonds. The molecule has 28 heavy (non-hydrogen) atoms. The second-order valence-corrected chi connectivity index (χ2v) is 7.51. The summed E-state index contributed by atoms with van der Waals surface area (Å²) in [5.74, 6) is 3.40. The van der Waals surface area contributed by atoms with Crippen LogP contribution in [0.2, 0.25) is 0 Å². The average molecular weight is 402 g/mol. The topological polar surface area (TPSA) is 64.8 Å². The monoisotopic (exact) mass is 401 g/mol. The fourth-order valence-electron chi connectivity index (χ4n) is 3.37. The van der Waals surface area contributed by atoms with Crippen LogP contribution >= 0.6 is 11.8 Å². The minimum atomic E-state index is 0.134. The third kappa shape index (κ3) is 4.07. The van der Waals surface area contributed by atoms with Gasteiger partial charge in [0.1, 0.15) is 16.5 Å². The Labute approximate surface area is 170 Å². The van der Waals surface area contributed by atoms with Gasteiger partial charge < -0.3 is 14.0 Å². The van der Waals surface area contributed by atoms with Gasteiger partial charge in [0, 0.05) is 37.0 Å². The Hall–Kier alpha value is -2.32. The van der Waals surface area contributed by atoms with Gasteiger partial charge in [-0.1, -0.05) is 12.6 Å². The average Bonchev–Trinajstić information content (AvgIpc) is 3.13. The summed E-state index contributed by atoms with van der Waals surface area (Å²) in [7, 11) is 3.34. The fourth-order valence-corrected chi connectivity index (χ4v) is 3.95. The highest BCUT2D eigenvalue weighted by Gasteiger charge is 2.30. The van der Waals surface area contributed by atoms with Gasteiger partial charge in [0.15, 0.2) is 11.6 Å². The Morgan fingerprint density at radius 1 is 1.29 bits per heavy atom. The lowest BCUT2D eigenvalue weighted by Gasteiger charge is -2.34. The number of aliphatic imine (C=N–C) groups is 1. The molecular formula is C20H27N5O2S. The molecule has 0 radical (unpaired) electrons. The predicted molar refractivity (Wildman–Crippen MR) is 113 cm³/mol. The Balaban J connectivity index is 1.85. The van der Waals surface area contributed by atoms with Crippen molar-refractivity contribution < 1.29 is 9.47 Å². The molecule has 3 rings (SSSR count). The summed E-state index contributed by atoms with van der Waals surface area (Å²) >= 11 is 1.57. The molecule has 0 aliphatic carbocycles. The van der Waals surface area contributed by atoms with Crippen LogP contribution in [-0.4, -0.2) is 51.7 Å². The smallest absolute Gasteiger partial charge is 0.189 e. The summed E-state index contributed by atoms with van der Waals surface area (Å²) in [4.78, 5) is 6.90. The third-order valence-corrected chi connectivity index (χ3v) is 5.52. The van der Waals surface area contributed by atoms with Gasteiger partial charge in [0.2, 0.25) is 0 Å². The first kappa shape index (κ1) is 20.4. The molecule has 0 saturated heterocycles. The van der Waals surface area contributed by atoms with Crippen molar-refractivity contribution in [3.8, 4) is 11.5 Å². The van der Waals surface area contributed by atoms with E-state index < -0.39 is 0 Å².